The standard InChI is InChI=1S/C32H43BBrClN4O2/c1-33(41)39-16-6-22(7-17-39)18-30(40)37-12-8-23(9-13-37)24-10-14-38(15-11-24)32-29-5-4-28(35)20-25(29)2-3-26-19-27(34)21-36-31(26)32/h4-5,19-24,36,41H,2-3,6-18H2,1H3. The maximum Gasteiger partial charge on any atom is 0.376 e. The number of hydrogen-bond donors (Lipinski definition) is 2. The highest BCUT2D eigenvalue weighted by molar-refractivity contribution is 9.11. The number of piperidine rings is 3. The molecule has 3 fully saturated rings. The summed E-state index contributed by atoms with van der Waals surface area (Å²) in [7, 11) is -0.380. The van der Waals surface area contributed by atoms with Gasteiger partial charge in [-0.05, 0) is 134 Å². The maximum absolute atomic E-state index is 13.1. The molecule has 6 nitrogen and oxygen atoms in total. The third-order valence-electron chi connectivity index (χ3n) is 10.3. The lowest BCUT2D eigenvalue weighted by molar-refractivity contribution is -0.134. The predicted octanol–water partition coefficient (Wildman–Crippen LogP) is 5.88. The zero-order chi connectivity index (χ0) is 28.5. The summed E-state index contributed by atoms with van der Waals surface area (Å²) in [6.07, 6.45) is 13.7. The average Bonchev–Trinajstić information content (AvgIpc) is 3.14. The van der Waals surface area contributed by atoms with Crippen molar-refractivity contribution in [3.8, 4) is 0 Å². The molecule has 1 aromatic rings. The molecule has 1 amide bonds. The van der Waals surface area contributed by atoms with Gasteiger partial charge < -0.3 is 25.0 Å². The molecule has 0 unspecified atom stereocenters. The summed E-state index contributed by atoms with van der Waals surface area (Å²) in [4.78, 5) is 20.0. The second-order valence-corrected chi connectivity index (χ2v) is 14.1. The van der Waals surface area contributed by atoms with Gasteiger partial charge in [-0.3, -0.25) is 4.79 Å². The Balaban J connectivity index is 1.05. The third kappa shape index (κ3) is 6.61. The molecule has 1 aromatic carbocycles. The topological polar surface area (TPSA) is 59.1 Å². The van der Waals surface area contributed by atoms with E-state index in [4.69, 9.17) is 11.6 Å². The Morgan fingerprint density at radius 3 is 2.39 bits per heavy atom. The summed E-state index contributed by atoms with van der Waals surface area (Å²) in [5.74, 6) is 2.26. The molecule has 4 aliphatic heterocycles. The molecule has 0 atom stereocenters. The van der Waals surface area contributed by atoms with E-state index < -0.39 is 0 Å². The third-order valence-corrected chi connectivity index (χ3v) is 11.0. The second kappa shape index (κ2) is 12.9. The van der Waals surface area contributed by atoms with Gasteiger partial charge in [-0.2, -0.15) is 0 Å². The highest BCUT2D eigenvalue weighted by Crippen LogP contribution is 2.41. The molecule has 41 heavy (non-hydrogen) atoms. The number of aryl methyl sites for hydroxylation is 1. The van der Waals surface area contributed by atoms with Crippen LogP contribution in [0.1, 0.15) is 62.5 Å². The molecule has 0 aromatic heterocycles. The number of rotatable bonds is 5. The van der Waals surface area contributed by atoms with E-state index in [2.05, 4.69) is 60.3 Å². The van der Waals surface area contributed by atoms with Gasteiger partial charge in [-0.15, -0.1) is 0 Å². The zero-order valence-electron chi connectivity index (χ0n) is 24.3. The Hall–Kier alpha value is -1.74. The monoisotopic (exact) mass is 640 g/mol. The summed E-state index contributed by atoms with van der Waals surface area (Å²) < 4.78 is 1.09. The molecule has 3 saturated heterocycles. The van der Waals surface area contributed by atoms with Crippen LogP contribution in [0.2, 0.25) is 11.8 Å². The predicted molar refractivity (Wildman–Crippen MR) is 171 cm³/mol. The summed E-state index contributed by atoms with van der Waals surface area (Å²) >= 11 is 10.1. The van der Waals surface area contributed by atoms with Crippen molar-refractivity contribution in [3.05, 3.63) is 62.4 Å². The number of nitrogens with zero attached hydrogens (tertiary/aromatic N) is 3. The number of amides is 1. The molecule has 0 bridgehead atoms. The first-order valence-corrected chi connectivity index (χ1v) is 16.8. The SMILES string of the molecule is CB(O)N1CCC(CC(=O)N2CCC(C3CCN(C4=C5NC=C(Br)C=C5CCc5cc(Cl)ccc54)CC3)CC2)CC1. The number of carbonyl (C=O) groups excluding carboxylic acids is 1. The van der Waals surface area contributed by atoms with Crippen molar-refractivity contribution in [3.63, 3.8) is 0 Å². The van der Waals surface area contributed by atoms with Gasteiger partial charge in [0.15, 0.2) is 0 Å². The quantitative estimate of drug-likeness (QED) is 0.394. The summed E-state index contributed by atoms with van der Waals surface area (Å²) in [6.45, 7) is 7.59. The Morgan fingerprint density at radius 1 is 1.02 bits per heavy atom. The van der Waals surface area contributed by atoms with Crippen LogP contribution in [0.5, 0.6) is 0 Å². The van der Waals surface area contributed by atoms with Crippen molar-refractivity contribution in [2.75, 3.05) is 39.3 Å². The number of allylic oxidation sites excluding steroid dienone is 3. The van der Waals surface area contributed by atoms with Gasteiger partial charge in [0.05, 0.1) is 11.4 Å². The van der Waals surface area contributed by atoms with Gasteiger partial charge in [0.1, 0.15) is 0 Å². The van der Waals surface area contributed by atoms with Crippen molar-refractivity contribution in [2.24, 2.45) is 17.8 Å². The van der Waals surface area contributed by atoms with Crippen LogP contribution < -0.4 is 5.32 Å². The number of benzene rings is 1. The summed E-state index contributed by atoms with van der Waals surface area (Å²) in [5.41, 5.74) is 6.58. The van der Waals surface area contributed by atoms with E-state index in [9.17, 15) is 9.82 Å². The molecule has 0 spiro atoms. The van der Waals surface area contributed by atoms with E-state index in [1.807, 2.05) is 12.9 Å². The van der Waals surface area contributed by atoms with E-state index >= 15 is 0 Å². The molecule has 2 N–H and O–H groups in total. The average molecular weight is 642 g/mol. The van der Waals surface area contributed by atoms with Crippen LogP contribution in [0, 0.1) is 17.8 Å². The van der Waals surface area contributed by atoms with Crippen molar-refractivity contribution in [2.45, 2.75) is 64.6 Å². The molecular weight excluding hydrogens is 599 g/mol. The van der Waals surface area contributed by atoms with E-state index in [0.717, 1.165) is 99.1 Å². The largest absolute Gasteiger partial charge is 0.437 e. The van der Waals surface area contributed by atoms with Crippen LogP contribution in [0.3, 0.4) is 0 Å². The number of carbonyl (C=O) groups is 1. The van der Waals surface area contributed by atoms with Crippen LogP contribution in [0.4, 0.5) is 0 Å². The zero-order valence-corrected chi connectivity index (χ0v) is 26.6. The van der Waals surface area contributed by atoms with Crippen LogP contribution >= 0.6 is 27.5 Å². The van der Waals surface area contributed by atoms with Gasteiger partial charge >= 0.3 is 7.05 Å². The van der Waals surface area contributed by atoms with Crippen LogP contribution in [-0.2, 0) is 11.2 Å². The number of dihydropyridines is 1. The second-order valence-electron chi connectivity index (χ2n) is 12.7. The van der Waals surface area contributed by atoms with Crippen LogP contribution in [0.25, 0.3) is 5.70 Å². The van der Waals surface area contributed by atoms with Crippen molar-refractivity contribution >= 4 is 46.2 Å². The number of fused-ring (bicyclic) bond motifs is 2. The molecule has 1 aliphatic carbocycles. The molecule has 0 saturated carbocycles. The fraction of sp³-hybridized carbons (Fsp3) is 0.594. The fourth-order valence-corrected chi connectivity index (χ4v) is 8.37. The van der Waals surface area contributed by atoms with E-state index in [-0.39, 0.29) is 7.05 Å². The lowest BCUT2D eigenvalue weighted by Gasteiger charge is -2.42. The number of likely N-dealkylation sites (tertiary alicyclic amines) is 2. The minimum Gasteiger partial charge on any atom is -0.437 e. The van der Waals surface area contributed by atoms with Crippen LogP contribution in [-0.4, -0.2) is 71.9 Å². The van der Waals surface area contributed by atoms with Crippen molar-refractivity contribution in [1.82, 2.24) is 19.9 Å². The summed E-state index contributed by atoms with van der Waals surface area (Å²) in [5, 5.41) is 14.2. The fourth-order valence-electron chi connectivity index (χ4n) is 7.79. The molecule has 5 aliphatic rings. The highest BCUT2D eigenvalue weighted by Gasteiger charge is 2.34. The Kier molecular flexibility index (Phi) is 9.21. The molecule has 9 heteroatoms. The van der Waals surface area contributed by atoms with Gasteiger partial charge in [0, 0.05) is 53.9 Å². The molecule has 6 rings (SSSR count). The molecule has 4 heterocycles. The first kappa shape index (κ1) is 29.3. The van der Waals surface area contributed by atoms with Gasteiger partial charge in [0.25, 0.3) is 0 Å². The Labute approximate surface area is 259 Å². The maximum atomic E-state index is 13.1. The molecular formula is C32H43BBrClN4O2. The number of halogens is 2. The Morgan fingerprint density at radius 2 is 1.71 bits per heavy atom. The Bertz CT molecular complexity index is 1230. The van der Waals surface area contributed by atoms with Gasteiger partial charge in [-0.25, -0.2) is 0 Å². The van der Waals surface area contributed by atoms with E-state index in [1.54, 1.807) is 0 Å². The smallest absolute Gasteiger partial charge is 0.376 e. The van der Waals surface area contributed by atoms with Gasteiger partial charge in [0.2, 0.25) is 5.91 Å². The number of nitrogens with one attached hydrogen (secondary N) is 1. The molecule has 220 valence electrons. The first-order chi connectivity index (χ1) is 19.9. The first-order valence-electron chi connectivity index (χ1n) is 15.7. The minimum absolute atomic E-state index is 0.346. The normalized spacial score (nSPS) is 23.3. The lowest BCUT2D eigenvalue weighted by atomic mass is 9.78. The van der Waals surface area contributed by atoms with E-state index in [1.165, 1.54) is 40.9 Å². The highest BCUT2D eigenvalue weighted by atomic mass is 79.9. The molecule has 0 radical (unpaired) electrons. The van der Waals surface area contributed by atoms with Crippen molar-refractivity contribution in [1.29, 1.82) is 0 Å². The van der Waals surface area contributed by atoms with Crippen molar-refractivity contribution < 1.29 is 9.82 Å². The number of hydrogen-bond acceptors (Lipinski definition) is 5. The lowest BCUT2D eigenvalue weighted by Crippen LogP contribution is -2.45. The summed E-state index contributed by atoms with van der Waals surface area (Å²) in [6, 6.07) is 6.40. The van der Waals surface area contributed by atoms with Crippen LogP contribution in [0.15, 0.2) is 46.2 Å². The van der Waals surface area contributed by atoms with E-state index in [0.29, 0.717) is 18.2 Å². The minimum atomic E-state index is -0.380. The van der Waals surface area contributed by atoms with Gasteiger partial charge in [-0.1, -0.05) is 17.7 Å².